The normalized spacial score (nSPS) is 20.7. The number of benzene rings is 9. The van der Waals surface area contributed by atoms with E-state index in [2.05, 4.69) is 227 Å². The minimum atomic E-state index is -3.23. The van der Waals surface area contributed by atoms with E-state index in [4.69, 9.17) is 0 Å². The first-order valence-electron chi connectivity index (χ1n) is 33.0. The number of rotatable bonds is 6. The van der Waals surface area contributed by atoms with Crippen molar-refractivity contribution >= 4 is 109 Å². The van der Waals surface area contributed by atoms with E-state index in [1.807, 2.05) is 0 Å². The molecule has 3 atom stereocenters. The molecule has 0 saturated heterocycles. The second kappa shape index (κ2) is 18.8. The van der Waals surface area contributed by atoms with Crippen molar-refractivity contribution in [1.82, 2.24) is 9.13 Å². The first kappa shape index (κ1) is 50.3. The average molecular weight is 1140 g/mol. The summed E-state index contributed by atoms with van der Waals surface area (Å²) in [5, 5.41) is 12.3. The van der Waals surface area contributed by atoms with Crippen LogP contribution in [0.15, 0.2) is 206 Å². The molecule has 19 rings (SSSR count). The van der Waals surface area contributed by atoms with Gasteiger partial charge in [-0.05, 0) is 191 Å². The Kier molecular flexibility index (Phi) is 11.0. The van der Waals surface area contributed by atoms with Crippen molar-refractivity contribution in [3.63, 3.8) is 0 Å². The zero-order valence-electron chi connectivity index (χ0n) is 49.8. The third-order valence-corrected chi connectivity index (χ3v) is 31.6. The van der Waals surface area contributed by atoms with Crippen molar-refractivity contribution < 1.29 is 0 Å². The van der Waals surface area contributed by atoms with Gasteiger partial charge in [0.2, 0.25) is 6.71 Å². The number of allylic oxidation sites excluding steroid dienone is 2. The summed E-state index contributed by atoms with van der Waals surface area (Å²) in [4.78, 5) is 2.87. The predicted octanol–water partition coefficient (Wildman–Crippen LogP) is 12.9. The zero-order chi connectivity index (χ0) is 56.6. The molecule has 1 saturated carbocycles. The average Bonchev–Trinajstić information content (AvgIpc) is 0.844. The summed E-state index contributed by atoms with van der Waals surface area (Å²) in [7, 11) is -5.95. The van der Waals surface area contributed by atoms with Gasteiger partial charge in [0, 0.05) is 62.8 Å². The molecule has 2 aromatic heterocycles. The summed E-state index contributed by atoms with van der Waals surface area (Å²) in [5.74, 6) is 0.777. The molecule has 9 aromatic carbocycles. The maximum Gasteiger partial charge on any atom is 0.240 e. The molecule has 3 nitrogen and oxygen atoms in total. The van der Waals surface area contributed by atoms with E-state index in [1.54, 1.807) is 65.2 Å². The van der Waals surface area contributed by atoms with E-state index in [0.29, 0.717) is 12.0 Å². The standard InChI is InChI=1S/C80H72BN3Si2/c1-85(2)76-46-51(78-64-34-11-5-10-28-56(64)57-29-12-13-35-65(57)78)47-77-79(76)81(67-48-53(83-70-40-20-16-32-60(70)62-36-22-42-71(62)83)49-74(80(67)85)84-72-41-21-17-33-61(72)63-37-23-43-73(63)84)66-45-44-52(82-68-38-18-14-30-58(68)59-31-15-19-39-69(59)82)50-75(66)86(77,54-24-6-3-7-25-54)55-26-8-4-9-27-55/h3-4,6-9,12-14,16-18,20-21,24-27,29-30,32-33,35,38,40-41,44-50,62,71,78H,5,10-11,15,19,22-23,28,31,34,36-37,39,42-43H2,1-2H3. The minimum absolute atomic E-state index is 0.0197. The van der Waals surface area contributed by atoms with E-state index in [1.165, 1.54) is 153 Å². The van der Waals surface area contributed by atoms with Crippen molar-refractivity contribution in [3.05, 3.63) is 251 Å². The molecule has 418 valence electrons. The highest BCUT2D eigenvalue weighted by Gasteiger charge is 2.57. The molecule has 6 heteroatoms. The third kappa shape index (κ3) is 6.75. The molecular formula is C80H72BN3Si2. The summed E-state index contributed by atoms with van der Waals surface area (Å²) < 4.78 is 5.59. The molecule has 0 radical (unpaired) electrons. The van der Waals surface area contributed by atoms with Gasteiger partial charge in [-0.15, -0.1) is 0 Å². The fourth-order valence-electron chi connectivity index (χ4n) is 19.9. The van der Waals surface area contributed by atoms with Gasteiger partial charge in [-0.25, -0.2) is 0 Å². The molecule has 5 aliphatic carbocycles. The molecular weight excluding hydrogens is 1070 g/mol. The fraction of sp³-hybridized carbons (Fsp3) is 0.250. The molecule has 1 fully saturated rings. The van der Waals surface area contributed by atoms with E-state index < -0.39 is 16.1 Å². The number of para-hydroxylation sites is 3. The first-order valence-corrected chi connectivity index (χ1v) is 38.0. The molecule has 11 aromatic rings. The van der Waals surface area contributed by atoms with Crippen LogP contribution >= 0.6 is 0 Å². The fourth-order valence-corrected chi connectivity index (χ4v) is 28.9. The Bertz CT molecular complexity index is 4680. The molecule has 5 heterocycles. The van der Waals surface area contributed by atoms with Gasteiger partial charge in [-0.3, -0.25) is 0 Å². The number of hydrogen-bond donors (Lipinski definition) is 0. The Hall–Kier alpha value is -7.90. The second-order valence-electron chi connectivity index (χ2n) is 27.5. The molecule has 86 heavy (non-hydrogen) atoms. The highest BCUT2D eigenvalue weighted by molar-refractivity contribution is 7.29. The summed E-state index contributed by atoms with van der Waals surface area (Å²) in [6.07, 6.45) is 18.2. The Morgan fingerprint density at radius 3 is 1.90 bits per heavy atom. The van der Waals surface area contributed by atoms with Gasteiger partial charge < -0.3 is 14.0 Å². The highest BCUT2D eigenvalue weighted by atomic mass is 28.3. The van der Waals surface area contributed by atoms with Crippen LogP contribution in [-0.4, -0.2) is 38.0 Å². The molecule has 0 amide bonds. The van der Waals surface area contributed by atoms with Crippen molar-refractivity contribution in [2.24, 2.45) is 0 Å². The zero-order valence-corrected chi connectivity index (χ0v) is 51.8. The number of hydrogen-bond acceptors (Lipinski definition) is 1. The van der Waals surface area contributed by atoms with Gasteiger partial charge in [-0.1, -0.05) is 211 Å². The summed E-state index contributed by atoms with van der Waals surface area (Å²) in [5.41, 5.74) is 28.7. The van der Waals surface area contributed by atoms with Crippen molar-refractivity contribution in [2.75, 3.05) is 4.90 Å². The van der Waals surface area contributed by atoms with Crippen LogP contribution in [0.3, 0.4) is 0 Å². The molecule has 8 aliphatic rings. The Balaban J connectivity index is 0.985. The smallest absolute Gasteiger partial charge is 0.240 e. The van der Waals surface area contributed by atoms with Crippen molar-refractivity contribution in [2.45, 2.75) is 127 Å². The Labute approximate surface area is 509 Å². The van der Waals surface area contributed by atoms with E-state index >= 15 is 0 Å². The van der Waals surface area contributed by atoms with Gasteiger partial charge >= 0.3 is 0 Å². The van der Waals surface area contributed by atoms with Crippen LogP contribution < -0.4 is 52.4 Å². The van der Waals surface area contributed by atoms with Gasteiger partial charge in [0.15, 0.2) is 8.07 Å². The lowest BCUT2D eigenvalue weighted by atomic mass is 9.36. The number of anilines is 2. The molecule has 0 spiro atoms. The topological polar surface area (TPSA) is 13.1 Å². The van der Waals surface area contributed by atoms with Crippen LogP contribution in [0.1, 0.15) is 127 Å². The molecule has 0 N–H and O–H groups in total. The predicted molar refractivity (Wildman–Crippen MR) is 367 cm³/mol. The Morgan fingerprint density at radius 2 is 1.09 bits per heavy atom. The molecule has 0 bridgehead atoms. The van der Waals surface area contributed by atoms with Crippen LogP contribution in [0.4, 0.5) is 11.4 Å². The lowest BCUT2D eigenvalue weighted by molar-refractivity contribution is 0.642. The van der Waals surface area contributed by atoms with Gasteiger partial charge in [0.05, 0.1) is 11.0 Å². The van der Waals surface area contributed by atoms with E-state index in [-0.39, 0.29) is 12.6 Å². The van der Waals surface area contributed by atoms with E-state index in [0.717, 1.165) is 25.7 Å². The van der Waals surface area contributed by atoms with Gasteiger partial charge in [0.1, 0.15) is 8.07 Å². The maximum atomic E-state index is 2.90. The van der Waals surface area contributed by atoms with Crippen molar-refractivity contribution in [3.8, 4) is 11.4 Å². The number of nitrogens with zero attached hydrogens (tertiary/aromatic N) is 3. The third-order valence-electron chi connectivity index (χ3n) is 23.1. The number of aromatic nitrogens is 2. The molecule has 3 aliphatic heterocycles. The lowest BCUT2D eigenvalue weighted by Gasteiger charge is -2.49. The SMILES string of the molecule is C[Si]1(C)c2cc(C3C4=C(CCCCC4)c4ccccc43)cc3c2B(c2ccc(-n4c5c(c6ccccc64)CCCC5)cc2[Si]3(c2ccccc2)c2ccccc2)c2cc(N3c4ccccc4C4CCCC43)cc(-n3c4c(c5ccccc53)CCC4)c21. The summed E-state index contributed by atoms with van der Waals surface area (Å²) in [6.45, 7) is 5.60. The largest absolute Gasteiger partial charge is 0.337 e. The second-order valence-corrected chi connectivity index (χ2v) is 35.5. The first-order chi connectivity index (χ1) is 42.5. The van der Waals surface area contributed by atoms with E-state index in [9.17, 15) is 0 Å². The number of aryl methyl sites for hydroxylation is 2. The van der Waals surface area contributed by atoms with Crippen LogP contribution in [0.5, 0.6) is 0 Å². The van der Waals surface area contributed by atoms with Crippen LogP contribution in [0, 0.1) is 0 Å². The molecule has 3 unspecified atom stereocenters. The monoisotopic (exact) mass is 1140 g/mol. The lowest BCUT2D eigenvalue weighted by Crippen LogP contribution is -2.92. The van der Waals surface area contributed by atoms with Crippen LogP contribution in [-0.2, 0) is 25.7 Å². The minimum Gasteiger partial charge on any atom is -0.337 e. The van der Waals surface area contributed by atoms with Crippen LogP contribution in [0.25, 0.3) is 38.8 Å². The van der Waals surface area contributed by atoms with Crippen LogP contribution in [0.2, 0.25) is 13.1 Å². The summed E-state index contributed by atoms with van der Waals surface area (Å²) >= 11 is 0. The van der Waals surface area contributed by atoms with Gasteiger partial charge in [-0.2, -0.15) is 0 Å². The highest BCUT2D eigenvalue weighted by Crippen LogP contribution is 2.54. The summed E-state index contributed by atoms with van der Waals surface area (Å²) in [6, 6.07) is 82.1. The quantitative estimate of drug-likeness (QED) is 0.151. The number of fused-ring (bicyclic) bond motifs is 15. The van der Waals surface area contributed by atoms with Gasteiger partial charge in [0.25, 0.3) is 0 Å². The van der Waals surface area contributed by atoms with Crippen molar-refractivity contribution in [1.29, 1.82) is 0 Å². The Morgan fingerprint density at radius 1 is 0.453 bits per heavy atom. The maximum absolute atomic E-state index is 3.23.